The summed E-state index contributed by atoms with van der Waals surface area (Å²) in [5.74, 6) is -0.751. The molecule has 2 aromatic carbocycles. The van der Waals surface area contributed by atoms with Gasteiger partial charge in [0, 0.05) is 25.1 Å². The topological polar surface area (TPSA) is 140 Å². The summed E-state index contributed by atoms with van der Waals surface area (Å²) in [4.78, 5) is 12.7. The zero-order chi connectivity index (χ0) is 24.2. The summed E-state index contributed by atoms with van der Waals surface area (Å²) in [5, 5.41) is 9.89. The van der Waals surface area contributed by atoms with E-state index in [0.717, 1.165) is 0 Å². The Bertz CT molecular complexity index is 1320. The molecule has 0 aliphatic rings. The lowest BCUT2D eigenvalue weighted by atomic mass is 10.2. The molecule has 12 heteroatoms. The van der Waals surface area contributed by atoms with Gasteiger partial charge in [-0.25, -0.2) is 16.8 Å². The third kappa shape index (κ3) is 5.83. The number of benzene rings is 2. The number of anilines is 1. The van der Waals surface area contributed by atoms with Gasteiger partial charge in [-0.2, -0.15) is 4.31 Å². The molecule has 3 aromatic rings. The number of carbonyl (C=O) groups is 1. The van der Waals surface area contributed by atoms with Crippen LogP contribution in [0.1, 0.15) is 30.1 Å². The van der Waals surface area contributed by atoms with E-state index in [1.165, 1.54) is 47.8 Å². The van der Waals surface area contributed by atoms with E-state index in [1.807, 2.05) is 0 Å². The molecule has 0 bridgehead atoms. The first-order valence-corrected chi connectivity index (χ1v) is 13.1. The van der Waals surface area contributed by atoms with Crippen LogP contribution >= 0.6 is 0 Å². The monoisotopic (exact) mass is 492 g/mol. The van der Waals surface area contributed by atoms with Crippen molar-refractivity contribution in [3.63, 3.8) is 0 Å². The Hall–Kier alpha value is -3.09. The van der Waals surface area contributed by atoms with Gasteiger partial charge in [-0.15, -0.1) is 5.10 Å². The third-order valence-corrected chi connectivity index (χ3v) is 8.67. The van der Waals surface area contributed by atoms with Crippen LogP contribution in [0.25, 0.3) is 0 Å². The number of hydrogen-bond donors (Lipinski definition) is 1. The second-order valence-electron chi connectivity index (χ2n) is 7.48. The molecule has 1 aromatic heterocycles. The van der Waals surface area contributed by atoms with Crippen molar-refractivity contribution in [1.82, 2.24) is 14.5 Å². The number of amides is 1. The van der Waals surface area contributed by atoms with Crippen molar-refractivity contribution >= 4 is 31.8 Å². The van der Waals surface area contributed by atoms with Gasteiger partial charge in [0.2, 0.25) is 15.9 Å². The largest absolute Gasteiger partial charge is 0.408 e. The average molecular weight is 493 g/mol. The Morgan fingerprint density at radius 2 is 1.61 bits per heavy atom. The number of nitrogens with zero attached hydrogens (tertiary/aromatic N) is 3. The van der Waals surface area contributed by atoms with Crippen LogP contribution in [0.5, 0.6) is 0 Å². The van der Waals surface area contributed by atoms with Gasteiger partial charge in [-0.3, -0.25) is 10.1 Å². The van der Waals surface area contributed by atoms with Crippen LogP contribution in [0, 0.1) is 0 Å². The molecule has 0 unspecified atom stereocenters. The summed E-state index contributed by atoms with van der Waals surface area (Å²) < 4.78 is 56.3. The third-order valence-electron chi connectivity index (χ3n) is 4.89. The molecular formula is C21H24N4O6S2. The molecule has 1 amide bonds. The van der Waals surface area contributed by atoms with Crippen LogP contribution in [0.4, 0.5) is 6.01 Å². The summed E-state index contributed by atoms with van der Waals surface area (Å²) in [7, 11) is -5.69. The van der Waals surface area contributed by atoms with Crippen molar-refractivity contribution in [2.24, 2.45) is 0 Å². The van der Waals surface area contributed by atoms with Gasteiger partial charge >= 0.3 is 6.01 Å². The Morgan fingerprint density at radius 1 is 0.970 bits per heavy atom. The summed E-state index contributed by atoms with van der Waals surface area (Å²) >= 11 is 0. The van der Waals surface area contributed by atoms with Crippen molar-refractivity contribution in [3.8, 4) is 0 Å². The Labute approximate surface area is 192 Å². The lowest BCUT2D eigenvalue weighted by Crippen LogP contribution is -2.33. The van der Waals surface area contributed by atoms with Crippen LogP contribution in [0.15, 0.2) is 68.8 Å². The molecule has 1 heterocycles. The van der Waals surface area contributed by atoms with Crippen LogP contribution in [-0.2, 0) is 26.3 Å². The maximum atomic E-state index is 12.5. The highest BCUT2D eigenvalue weighted by molar-refractivity contribution is 7.91. The zero-order valence-corrected chi connectivity index (χ0v) is 19.9. The molecule has 3 rings (SSSR count). The maximum Gasteiger partial charge on any atom is 0.322 e. The van der Waals surface area contributed by atoms with Gasteiger partial charge in [0.1, 0.15) is 0 Å². The molecule has 1 N–H and O–H groups in total. The van der Waals surface area contributed by atoms with Gasteiger partial charge in [0.15, 0.2) is 9.84 Å². The van der Waals surface area contributed by atoms with Crippen molar-refractivity contribution < 1.29 is 26.0 Å². The second kappa shape index (κ2) is 9.81. The molecule has 0 atom stereocenters. The minimum Gasteiger partial charge on any atom is -0.408 e. The molecular weight excluding hydrogens is 468 g/mol. The molecule has 0 radical (unpaired) electrons. The van der Waals surface area contributed by atoms with Crippen LogP contribution in [-0.4, -0.2) is 56.1 Å². The molecule has 176 valence electrons. The van der Waals surface area contributed by atoms with E-state index in [2.05, 4.69) is 15.5 Å². The number of nitrogens with one attached hydrogen (secondary N) is 1. The highest BCUT2D eigenvalue weighted by Gasteiger charge is 2.23. The van der Waals surface area contributed by atoms with E-state index in [9.17, 15) is 21.6 Å². The summed E-state index contributed by atoms with van der Waals surface area (Å²) in [6.45, 7) is 3.52. The molecule has 33 heavy (non-hydrogen) atoms. The van der Waals surface area contributed by atoms with Gasteiger partial charge in [0.25, 0.3) is 5.91 Å². The number of aryl methyl sites for hydroxylation is 1. The molecule has 10 nitrogen and oxygen atoms in total. The Morgan fingerprint density at radius 3 is 2.21 bits per heavy atom. The fourth-order valence-corrected chi connectivity index (χ4v) is 5.38. The Kier molecular flexibility index (Phi) is 7.30. The van der Waals surface area contributed by atoms with Gasteiger partial charge < -0.3 is 4.42 Å². The minimum atomic E-state index is -3.66. The first kappa shape index (κ1) is 24.6. The SMILES string of the molecule is CC(C)N(C)S(=O)(=O)c1ccc(C(=O)Nc2nnc(CCS(=O)(=O)c3ccccc3)o2)cc1. The maximum absolute atomic E-state index is 12.5. The van der Waals surface area contributed by atoms with Crippen LogP contribution < -0.4 is 5.32 Å². The second-order valence-corrected chi connectivity index (χ2v) is 11.6. The van der Waals surface area contributed by atoms with Crippen molar-refractivity contribution in [2.75, 3.05) is 18.1 Å². The molecule has 0 spiro atoms. The normalized spacial score (nSPS) is 12.3. The van der Waals surface area contributed by atoms with E-state index in [1.54, 1.807) is 32.0 Å². The highest BCUT2D eigenvalue weighted by Crippen LogP contribution is 2.18. The number of rotatable bonds is 9. The molecule has 0 aliphatic carbocycles. The van der Waals surface area contributed by atoms with Gasteiger partial charge in [-0.05, 0) is 50.2 Å². The molecule has 0 saturated carbocycles. The first-order chi connectivity index (χ1) is 15.5. The predicted molar refractivity (Wildman–Crippen MR) is 121 cm³/mol. The lowest BCUT2D eigenvalue weighted by molar-refractivity contribution is 0.102. The number of sulfonamides is 1. The molecule has 0 aliphatic heterocycles. The van der Waals surface area contributed by atoms with Crippen molar-refractivity contribution in [3.05, 3.63) is 66.1 Å². The summed E-state index contributed by atoms with van der Waals surface area (Å²) in [6, 6.07) is 13.0. The fourth-order valence-electron chi connectivity index (χ4n) is 2.76. The van der Waals surface area contributed by atoms with Crippen molar-refractivity contribution in [2.45, 2.75) is 36.1 Å². The van der Waals surface area contributed by atoms with Crippen molar-refractivity contribution in [1.29, 1.82) is 0 Å². The lowest BCUT2D eigenvalue weighted by Gasteiger charge is -2.20. The first-order valence-electron chi connectivity index (χ1n) is 10.0. The summed E-state index contributed by atoms with van der Waals surface area (Å²) in [5.41, 5.74) is 0.188. The number of aromatic nitrogens is 2. The Balaban J connectivity index is 1.63. The van der Waals surface area contributed by atoms with E-state index in [4.69, 9.17) is 4.42 Å². The van der Waals surface area contributed by atoms with E-state index < -0.39 is 25.8 Å². The number of hydrogen-bond acceptors (Lipinski definition) is 8. The van der Waals surface area contributed by atoms with Crippen LogP contribution in [0.3, 0.4) is 0 Å². The smallest absolute Gasteiger partial charge is 0.322 e. The highest BCUT2D eigenvalue weighted by atomic mass is 32.2. The standard InChI is InChI=1S/C21H24N4O6S2/c1-15(2)25(3)33(29,30)18-11-9-16(10-12-18)20(26)22-21-24-23-19(31-21)13-14-32(27,28)17-7-5-4-6-8-17/h4-12,15H,13-14H2,1-3H3,(H,22,24,26). The zero-order valence-electron chi connectivity index (χ0n) is 18.3. The predicted octanol–water partition coefficient (Wildman–Crippen LogP) is 2.37. The number of sulfone groups is 1. The molecule has 0 saturated heterocycles. The molecule has 0 fully saturated rings. The minimum absolute atomic E-state index is 0.0178. The van der Waals surface area contributed by atoms with Crippen LogP contribution in [0.2, 0.25) is 0 Å². The van der Waals surface area contributed by atoms with E-state index in [0.29, 0.717) is 0 Å². The van der Waals surface area contributed by atoms with Gasteiger partial charge in [0.05, 0.1) is 15.5 Å². The average Bonchev–Trinajstić information content (AvgIpc) is 3.25. The van der Waals surface area contributed by atoms with E-state index in [-0.39, 0.29) is 45.5 Å². The number of carbonyl (C=O) groups excluding carboxylic acids is 1. The quantitative estimate of drug-likeness (QED) is 0.480. The fraction of sp³-hybridized carbons (Fsp3) is 0.286. The summed E-state index contributed by atoms with van der Waals surface area (Å²) in [6.07, 6.45) is -0.0178. The van der Waals surface area contributed by atoms with E-state index >= 15 is 0 Å². The van der Waals surface area contributed by atoms with Gasteiger partial charge in [-0.1, -0.05) is 23.3 Å².